The second-order valence-electron chi connectivity index (χ2n) is 10.6. The maximum absolute atomic E-state index is 14.6. The molecule has 7 nitrogen and oxygen atoms in total. The van der Waals surface area contributed by atoms with E-state index in [1.54, 1.807) is 33.9 Å². The number of benzene rings is 2. The predicted molar refractivity (Wildman–Crippen MR) is 152 cm³/mol. The highest BCUT2D eigenvalue weighted by molar-refractivity contribution is 8.02. The van der Waals surface area contributed by atoms with Gasteiger partial charge in [-0.05, 0) is 24.1 Å². The Bertz CT molecular complexity index is 1370. The Morgan fingerprint density at radius 1 is 1.00 bits per heavy atom. The van der Waals surface area contributed by atoms with Crippen molar-refractivity contribution < 1.29 is 19.5 Å². The van der Waals surface area contributed by atoms with Gasteiger partial charge in [0.1, 0.15) is 6.04 Å². The molecule has 0 aromatic heterocycles. The Kier molecular flexibility index (Phi) is 6.81. The molecule has 39 heavy (non-hydrogen) atoms. The SMILES string of the molecule is CN1CC=C[C@@H]2S[C@]34C=CCN(c5ccccc5Cl)C(=O)C3N([C@@H](CO)Cc3ccccc3)C(=O)[C@@H]4[C@@H]2C1=O. The molecule has 0 saturated carbocycles. The van der Waals surface area contributed by atoms with Gasteiger partial charge < -0.3 is 19.8 Å². The molecule has 2 saturated heterocycles. The number of aliphatic hydroxyl groups excluding tert-OH is 1. The minimum absolute atomic E-state index is 0.0926. The molecule has 1 spiro atoms. The third-order valence-corrected chi connectivity index (χ3v) is 10.4. The second kappa shape index (κ2) is 10.2. The summed E-state index contributed by atoms with van der Waals surface area (Å²) >= 11 is 8.07. The first-order valence-electron chi connectivity index (χ1n) is 13.2. The van der Waals surface area contributed by atoms with Crippen LogP contribution in [0.1, 0.15) is 5.56 Å². The highest BCUT2D eigenvalue weighted by Crippen LogP contribution is 2.61. The van der Waals surface area contributed by atoms with Crippen molar-refractivity contribution in [3.8, 4) is 0 Å². The summed E-state index contributed by atoms with van der Waals surface area (Å²) in [7, 11) is 1.75. The van der Waals surface area contributed by atoms with E-state index in [0.29, 0.717) is 23.7 Å². The van der Waals surface area contributed by atoms with Crippen LogP contribution in [-0.2, 0) is 20.8 Å². The summed E-state index contributed by atoms with van der Waals surface area (Å²) in [5.74, 6) is -1.94. The van der Waals surface area contributed by atoms with Gasteiger partial charge in [0.25, 0.3) is 5.91 Å². The van der Waals surface area contributed by atoms with Gasteiger partial charge in [-0.2, -0.15) is 0 Å². The molecule has 3 amide bonds. The summed E-state index contributed by atoms with van der Waals surface area (Å²) in [6, 6.07) is 15.3. The highest BCUT2D eigenvalue weighted by atomic mass is 35.5. The third-order valence-electron chi connectivity index (χ3n) is 8.36. The number of para-hydroxylation sites is 1. The Hall–Kier alpha value is -3.07. The number of amides is 3. The second-order valence-corrected chi connectivity index (χ2v) is 12.5. The highest BCUT2D eigenvalue weighted by Gasteiger charge is 2.71. The van der Waals surface area contributed by atoms with Crippen LogP contribution in [0.3, 0.4) is 0 Å². The zero-order valence-corrected chi connectivity index (χ0v) is 23.1. The molecule has 4 aliphatic heterocycles. The van der Waals surface area contributed by atoms with E-state index in [1.807, 2.05) is 66.8 Å². The molecule has 2 aromatic rings. The number of nitrogens with zero attached hydrogens (tertiary/aromatic N) is 3. The van der Waals surface area contributed by atoms with Gasteiger partial charge >= 0.3 is 0 Å². The standard InChI is InChI=1S/C30H30ClN3O4S/c1-32-15-7-13-23-24(27(32)36)25-28(37)34(20(18-35)17-19-9-3-2-4-10-19)26-29(38)33(16-8-14-30(25,26)39-23)22-12-6-5-11-21(22)31/h2-14,20,23-26,35H,15-18H2,1H3/t20-,23+,24-,25+,26?,30+/m1/s1. The fourth-order valence-electron chi connectivity index (χ4n) is 6.62. The number of thioether (sulfide) groups is 1. The van der Waals surface area contributed by atoms with Gasteiger partial charge in [-0.25, -0.2) is 0 Å². The van der Waals surface area contributed by atoms with Crippen molar-refractivity contribution in [2.75, 3.05) is 31.6 Å². The molecule has 0 bridgehead atoms. The monoisotopic (exact) mass is 563 g/mol. The number of fused-ring (bicyclic) bond motifs is 2. The molecule has 4 aliphatic rings. The summed E-state index contributed by atoms with van der Waals surface area (Å²) in [4.78, 5) is 47.6. The van der Waals surface area contributed by atoms with Crippen molar-refractivity contribution in [2.45, 2.75) is 28.5 Å². The molecule has 202 valence electrons. The fraction of sp³-hybridized carbons (Fsp3) is 0.367. The molecule has 1 N–H and O–H groups in total. The Morgan fingerprint density at radius 3 is 2.49 bits per heavy atom. The quantitative estimate of drug-likeness (QED) is 0.565. The number of likely N-dealkylation sites (tertiary alicyclic amines) is 1. The van der Waals surface area contributed by atoms with E-state index in [2.05, 4.69) is 0 Å². The van der Waals surface area contributed by atoms with Gasteiger partial charge in [0, 0.05) is 25.4 Å². The zero-order chi connectivity index (χ0) is 27.3. The van der Waals surface area contributed by atoms with E-state index in [0.717, 1.165) is 5.56 Å². The van der Waals surface area contributed by atoms with Gasteiger partial charge in [0.05, 0.1) is 39.9 Å². The van der Waals surface area contributed by atoms with Crippen molar-refractivity contribution in [2.24, 2.45) is 11.8 Å². The largest absolute Gasteiger partial charge is 0.394 e. The van der Waals surface area contributed by atoms with Gasteiger partial charge in [-0.15, -0.1) is 11.8 Å². The zero-order valence-electron chi connectivity index (χ0n) is 21.5. The van der Waals surface area contributed by atoms with E-state index in [9.17, 15) is 19.5 Å². The lowest BCUT2D eigenvalue weighted by Gasteiger charge is -2.38. The van der Waals surface area contributed by atoms with Crippen LogP contribution in [0, 0.1) is 11.8 Å². The van der Waals surface area contributed by atoms with Crippen molar-refractivity contribution in [3.63, 3.8) is 0 Å². The average molecular weight is 564 g/mol. The first kappa shape index (κ1) is 26.2. The molecular weight excluding hydrogens is 534 g/mol. The number of aliphatic hydroxyl groups is 1. The van der Waals surface area contributed by atoms with Crippen LogP contribution in [0.15, 0.2) is 78.9 Å². The first-order valence-corrected chi connectivity index (χ1v) is 14.4. The fourth-order valence-corrected chi connectivity index (χ4v) is 8.85. The van der Waals surface area contributed by atoms with E-state index < -0.39 is 28.7 Å². The van der Waals surface area contributed by atoms with Crippen molar-refractivity contribution in [1.29, 1.82) is 0 Å². The molecule has 0 aliphatic carbocycles. The number of hydrogen-bond donors (Lipinski definition) is 1. The lowest BCUT2D eigenvalue weighted by atomic mass is 9.78. The number of hydrogen-bond acceptors (Lipinski definition) is 5. The third kappa shape index (κ3) is 4.12. The summed E-state index contributed by atoms with van der Waals surface area (Å²) < 4.78 is -0.957. The number of carbonyl (C=O) groups is 3. The van der Waals surface area contributed by atoms with Crippen LogP contribution in [0.25, 0.3) is 0 Å². The molecule has 1 unspecified atom stereocenters. The molecule has 9 heteroatoms. The lowest BCUT2D eigenvalue weighted by Crippen LogP contribution is -2.57. The minimum atomic E-state index is -0.957. The Labute approximate surface area is 237 Å². The molecule has 4 heterocycles. The summed E-state index contributed by atoms with van der Waals surface area (Å²) in [6.07, 6.45) is 8.27. The number of anilines is 1. The predicted octanol–water partition coefficient (Wildman–Crippen LogP) is 3.17. The van der Waals surface area contributed by atoms with E-state index >= 15 is 0 Å². The van der Waals surface area contributed by atoms with Crippen molar-refractivity contribution >= 4 is 46.8 Å². The average Bonchev–Trinajstić information content (AvgIpc) is 3.27. The number of halogens is 1. The number of rotatable bonds is 5. The molecule has 6 rings (SSSR count). The molecule has 6 atom stereocenters. The van der Waals surface area contributed by atoms with Gasteiger partial charge in [0.15, 0.2) is 0 Å². The lowest BCUT2D eigenvalue weighted by molar-refractivity contribution is -0.144. The van der Waals surface area contributed by atoms with Gasteiger partial charge in [-0.1, -0.05) is 78.4 Å². The van der Waals surface area contributed by atoms with Crippen molar-refractivity contribution in [3.05, 3.63) is 89.5 Å². The van der Waals surface area contributed by atoms with Crippen LogP contribution >= 0.6 is 23.4 Å². The topological polar surface area (TPSA) is 81.2 Å². The maximum Gasteiger partial charge on any atom is 0.251 e. The first-order chi connectivity index (χ1) is 18.9. The number of carbonyl (C=O) groups excluding carboxylic acids is 3. The number of likely N-dealkylation sites (N-methyl/N-ethyl adjacent to an activating group) is 1. The molecule has 2 aromatic carbocycles. The van der Waals surface area contributed by atoms with E-state index in [1.165, 1.54) is 11.8 Å². The van der Waals surface area contributed by atoms with Gasteiger partial charge in [0.2, 0.25) is 11.8 Å². The maximum atomic E-state index is 14.6. The molecule has 0 radical (unpaired) electrons. The smallest absolute Gasteiger partial charge is 0.251 e. The Morgan fingerprint density at radius 2 is 1.74 bits per heavy atom. The van der Waals surface area contributed by atoms with Crippen LogP contribution in [0.4, 0.5) is 5.69 Å². The molecule has 2 fully saturated rings. The summed E-state index contributed by atoms with van der Waals surface area (Å²) in [5, 5.41) is 10.8. The van der Waals surface area contributed by atoms with E-state index in [4.69, 9.17) is 11.6 Å². The summed E-state index contributed by atoms with van der Waals surface area (Å²) in [5.41, 5.74) is 1.52. The van der Waals surface area contributed by atoms with Gasteiger partial charge in [-0.3, -0.25) is 14.4 Å². The molecular formula is C30H30ClN3O4S. The van der Waals surface area contributed by atoms with Crippen molar-refractivity contribution in [1.82, 2.24) is 9.80 Å². The van der Waals surface area contributed by atoms with Crippen LogP contribution < -0.4 is 4.90 Å². The normalized spacial score (nSPS) is 30.6. The summed E-state index contributed by atoms with van der Waals surface area (Å²) in [6.45, 7) is 0.461. The van der Waals surface area contributed by atoms with Crippen LogP contribution in [0.2, 0.25) is 5.02 Å². The van der Waals surface area contributed by atoms with Crippen LogP contribution in [0.5, 0.6) is 0 Å². The van der Waals surface area contributed by atoms with E-state index in [-0.39, 0.29) is 36.1 Å². The van der Waals surface area contributed by atoms with Crippen LogP contribution in [-0.4, -0.2) is 81.5 Å². The Balaban J connectivity index is 1.49. The minimum Gasteiger partial charge on any atom is -0.394 e.